The van der Waals surface area contributed by atoms with Crippen molar-refractivity contribution in [3.63, 3.8) is 0 Å². The lowest BCUT2D eigenvalue weighted by Gasteiger charge is -2.25. The maximum absolute atomic E-state index is 12.0. The van der Waals surface area contributed by atoms with E-state index in [2.05, 4.69) is 11.3 Å². The number of carboxylic acids is 1. The Bertz CT molecular complexity index is 726. The Morgan fingerprint density at radius 2 is 1.96 bits per heavy atom. The van der Waals surface area contributed by atoms with E-state index in [-0.39, 0.29) is 24.1 Å². The minimum Gasteiger partial charge on any atom is -0.478 e. The zero-order valence-electron chi connectivity index (χ0n) is 13.8. The maximum Gasteiger partial charge on any atom is 0.414 e. The molecule has 1 aliphatic heterocycles. The molecular weight excluding hydrogens is 314 g/mol. The van der Waals surface area contributed by atoms with Gasteiger partial charge in [0.1, 0.15) is 0 Å². The van der Waals surface area contributed by atoms with Crippen LogP contribution in [0.25, 0.3) is 0 Å². The molecule has 1 aliphatic rings. The highest BCUT2D eigenvalue weighted by Crippen LogP contribution is 2.45. The number of esters is 1. The first-order chi connectivity index (χ1) is 11.2. The van der Waals surface area contributed by atoms with Crippen LogP contribution in [-0.2, 0) is 19.7 Å². The first-order valence-corrected chi connectivity index (χ1v) is 7.23. The lowest BCUT2D eigenvalue weighted by atomic mass is 9.78. The van der Waals surface area contributed by atoms with Crippen molar-refractivity contribution in [3.05, 3.63) is 41.5 Å². The summed E-state index contributed by atoms with van der Waals surface area (Å²) in [5, 5.41) is 9.22. The van der Waals surface area contributed by atoms with E-state index in [0.29, 0.717) is 11.3 Å². The number of rotatable bonds is 4. The van der Waals surface area contributed by atoms with Gasteiger partial charge < -0.3 is 14.6 Å². The number of aromatic carboxylic acids is 1. The van der Waals surface area contributed by atoms with Crippen molar-refractivity contribution in [2.45, 2.75) is 18.8 Å². The number of hydrogen-bond donors (Lipinski definition) is 1. The predicted octanol–water partition coefficient (Wildman–Crippen LogP) is 2.35. The van der Waals surface area contributed by atoms with Gasteiger partial charge in [-0.3, -0.25) is 4.90 Å². The molecule has 0 bridgehead atoms. The topological polar surface area (TPSA) is 93.1 Å². The summed E-state index contributed by atoms with van der Waals surface area (Å²) in [5.74, 6) is -1.60. The number of anilines is 1. The minimum absolute atomic E-state index is 0.107. The van der Waals surface area contributed by atoms with E-state index in [1.54, 1.807) is 6.07 Å². The predicted molar refractivity (Wildman–Crippen MR) is 86.3 cm³/mol. The molecule has 0 aromatic heterocycles. The molecule has 1 amide bonds. The van der Waals surface area contributed by atoms with Gasteiger partial charge in [0, 0.05) is 17.5 Å². The summed E-state index contributed by atoms with van der Waals surface area (Å²) in [6.45, 7) is 5.82. The van der Waals surface area contributed by atoms with Crippen LogP contribution in [0.1, 0.15) is 29.3 Å². The normalized spacial score (nSPS) is 18.7. The van der Waals surface area contributed by atoms with Gasteiger partial charge in [0.05, 0.1) is 25.5 Å². The van der Waals surface area contributed by atoms with E-state index in [1.807, 2.05) is 6.92 Å². The van der Waals surface area contributed by atoms with Crippen LogP contribution < -0.4 is 4.90 Å². The molecule has 7 heteroatoms. The monoisotopic (exact) mass is 333 g/mol. The molecule has 0 saturated carbocycles. The zero-order chi connectivity index (χ0) is 18.1. The van der Waals surface area contributed by atoms with Crippen molar-refractivity contribution in [2.24, 2.45) is 0 Å². The minimum atomic E-state index is -1.07. The Labute approximate surface area is 139 Å². The fourth-order valence-corrected chi connectivity index (χ4v) is 3.02. The average Bonchev–Trinajstić information content (AvgIpc) is 2.85. The van der Waals surface area contributed by atoms with Gasteiger partial charge in [-0.2, -0.15) is 0 Å². The number of amides is 1. The summed E-state index contributed by atoms with van der Waals surface area (Å²) >= 11 is 0. The Kier molecular flexibility index (Phi) is 4.64. The van der Waals surface area contributed by atoms with Crippen LogP contribution in [0.15, 0.2) is 30.4 Å². The third kappa shape index (κ3) is 2.97. The van der Waals surface area contributed by atoms with Crippen molar-refractivity contribution in [2.75, 3.05) is 25.7 Å². The quantitative estimate of drug-likeness (QED) is 0.671. The first kappa shape index (κ1) is 17.5. The highest BCUT2D eigenvalue weighted by molar-refractivity contribution is 5.95. The molecule has 1 unspecified atom stereocenters. The zero-order valence-corrected chi connectivity index (χ0v) is 13.8. The summed E-state index contributed by atoms with van der Waals surface area (Å²) in [5.41, 5.74) is 0.888. The molecule has 0 aliphatic carbocycles. The second-order valence-corrected chi connectivity index (χ2v) is 5.93. The number of carbonyl (C=O) groups is 3. The molecule has 1 aromatic rings. The second kappa shape index (κ2) is 6.35. The van der Waals surface area contributed by atoms with Gasteiger partial charge in [-0.15, -0.1) is 0 Å². The van der Waals surface area contributed by atoms with Gasteiger partial charge in [0.15, 0.2) is 0 Å². The summed E-state index contributed by atoms with van der Waals surface area (Å²) in [7, 11) is 2.54. The molecule has 0 saturated heterocycles. The molecule has 128 valence electrons. The molecule has 24 heavy (non-hydrogen) atoms. The van der Waals surface area contributed by atoms with Crippen LogP contribution in [0.5, 0.6) is 0 Å². The highest BCUT2D eigenvalue weighted by atomic mass is 16.5. The Morgan fingerprint density at radius 1 is 1.29 bits per heavy atom. The average molecular weight is 333 g/mol. The molecular formula is C17H19NO6. The van der Waals surface area contributed by atoms with Crippen LogP contribution in [0.4, 0.5) is 10.5 Å². The Hall–Kier alpha value is -2.83. The standard InChI is InChI=1S/C17H19NO6/c1-10(15(21)23-3)8-17(2)9-18(16(22)24-4)13-6-5-11(14(19)20)7-12(13)17/h5-7H,1,8-9H2,2-4H3,(H,19,20). The van der Waals surface area contributed by atoms with E-state index in [4.69, 9.17) is 4.74 Å². The van der Waals surface area contributed by atoms with Crippen LogP contribution in [-0.4, -0.2) is 43.9 Å². The number of hydrogen-bond acceptors (Lipinski definition) is 5. The number of carboxylic acid groups (broad SMARTS) is 1. The van der Waals surface area contributed by atoms with Gasteiger partial charge in [-0.25, -0.2) is 14.4 Å². The number of fused-ring (bicyclic) bond motifs is 1. The lowest BCUT2D eigenvalue weighted by molar-refractivity contribution is -0.136. The summed E-state index contributed by atoms with van der Waals surface area (Å²) < 4.78 is 9.47. The van der Waals surface area contributed by atoms with Crippen LogP contribution in [0.3, 0.4) is 0 Å². The van der Waals surface area contributed by atoms with E-state index in [0.717, 1.165) is 0 Å². The molecule has 7 nitrogen and oxygen atoms in total. The number of nitrogens with zero attached hydrogens (tertiary/aromatic N) is 1. The molecule has 1 N–H and O–H groups in total. The number of methoxy groups -OCH3 is 2. The smallest absolute Gasteiger partial charge is 0.414 e. The Balaban J connectivity index is 2.50. The molecule has 1 heterocycles. The lowest BCUT2D eigenvalue weighted by Crippen LogP contribution is -2.36. The van der Waals surface area contributed by atoms with E-state index < -0.39 is 23.4 Å². The number of ether oxygens (including phenoxy) is 2. The number of carbonyl (C=O) groups excluding carboxylic acids is 2. The SMILES string of the molecule is C=C(CC1(C)CN(C(=O)OC)c2ccc(C(=O)O)cc21)C(=O)OC. The van der Waals surface area contributed by atoms with Gasteiger partial charge in [0.2, 0.25) is 0 Å². The van der Waals surface area contributed by atoms with Crippen molar-refractivity contribution >= 4 is 23.7 Å². The van der Waals surface area contributed by atoms with Gasteiger partial charge in [-0.1, -0.05) is 13.5 Å². The van der Waals surface area contributed by atoms with Crippen LogP contribution in [0.2, 0.25) is 0 Å². The van der Waals surface area contributed by atoms with Crippen LogP contribution >= 0.6 is 0 Å². The van der Waals surface area contributed by atoms with Crippen molar-refractivity contribution in [1.29, 1.82) is 0 Å². The van der Waals surface area contributed by atoms with Gasteiger partial charge in [0.25, 0.3) is 0 Å². The van der Waals surface area contributed by atoms with E-state index in [9.17, 15) is 19.5 Å². The Morgan fingerprint density at radius 3 is 2.50 bits per heavy atom. The van der Waals surface area contributed by atoms with Crippen molar-refractivity contribution < 1.29 is 29.0 Å². The van der Waals surface area contributed by atoms with E-state index >= 15 is 0 Å². The summed E-state index contributed by atoms with van der Waals surface area (Å²) in [6, 6.07) is 4.52. The largest absolute Gasteiger partial charge is 0.478 e. The summed E-state index contributed by atoms with van der Waals surface area (Å²) in [6.07, 6.45) is -0.324. The second-order valence-electron chi connectivity index (χ2n) is 5.93. The van der Waals surface area contributed by atoms with Crippen molar-refractivity contribution in [3.8, 4) is 0 Å². The van der Waals surface area contributed by atoms with Gasteiger partial charge in [-0.05, 0) is 30.2 Å². The fraction of sp³-hybridized carbons (Fsp3) is 0.353. The van der Waals surface area contributed by atoms with Gasteiger partial charge >= 0.3 is 18.0 Å². The fourth-order valence-electron chi connectivity index (χ4n) is 3.02. The van der Waals surface area contributed by atoms with Crippen LogP contribution in [0, 0.1) is 0 Å². The molecule has 0 spiro atoms. The maximum atomic E-state index is 12.0. The van der Waals surface area contributed by atoms with E-state index in [1.165, 1.54) is 31.3 Å². The first-order valence-electron chi connectivity index (χ1n) is 7.23. The third-order valence-corrected chi connectivity index (χ3v) is 4.16. The molecule has 0 fully saturated rings. The third-order valence-electron chi connectivity index (χ3n) is 4.16. The highest BCUT2D eigenvalue weighted by Gasteiger charge is 2.43. The molecule has 1 aromatic carbocycles. The molecule has 2 rings (SSSR count). The number of benzene rings is 1. The molecule has 0 radical (unpaired) electrons. The molecule has 1 atom stereocenters. The van der Waals surface area contributed by atoms with Crippen molar-refractivity contribution in [1.82, 2.24) is 0 Å². The summed E-state index contributed by atoms with van der Waals surface area (Å²) in [4.78, 5) is 36.4.